The van der Waals surface area contributed by atoms with E-state index in [1.54, 1.807) is 23.4 Å². The molecule has 0 saturated carbocycles. The molecule has 1 aromatic carbocycles. The normalized spacial score (nSPS) is 15.7. The van der Waals surface area contributed by atoms with Gasteiger partial charge in [0.25, 0.3) is 5.91 Å². The van der Waals surface area contributed by atoms with E-state index in [-0.39, 0.29) is 35.6 Å². The fourth-order valence-corrected chi connectivity index (χ4v) is 5.98. The topological polar surface area (TPSA) is 157 Å². The second-order valence-corrected chi connectivity index (χ2v) is 13.4. The minimum atomic E-state index is -0.585. The number of ether oxygens (including phenoxy) is 2. The maximum Gasteiger partial charge on any atom is 0.410 e. The summed E-state index contributed by atoms with van der Waals surface area (Å²) in [6.07, 6.45) is 5.46. The maximum absolute atomic E-state index is 13.1. The van der Waals surface area contributed by atoms with Gasteiger partial charge in [-0.1, -0.05) is 30.1 Å². The number of amides is 2. The van der Waals surface area contributed by atoms with E-state index >= 15 is 0 Å². The number of piperidine rings is 2. The predicted octanol–water partition coefficient (Wildman–Crippen LogP) is 6.38. The van der Waals surface area contributed by atoms with Crippen LogP contribution in [0.2, 0.25) is 0 Å². The molecule has 0 radical (unpaired) electrons. The number of anilines is 3. The van der Waals surface area contributed by atoms with Crippen LogP contribution in [0.15, 0.2) is 54.7 Å². The number of pyridine rings is 2. The Hall–Kier alpha value is -4.83. The van der Waals surface area contributed by atoms with Crippen LogP contribution in [-0.2, 0) is 9.47 Å². The van der Waals surface area contributed by atoms with Crippen molar-refractivity contribution in [2.45, 2.75) is 58.2 Å². The number of nitrogens with one attached hydrogen (secondary N) is 3. The van der Waals surface area contributed by atoms with Gasteiger partial charge in [0.05, 0.1) is 11.6 Å². The van der Waals surface area contributed by atoms with Crippen molar-refractivity contribution >= 4 is 47.2 Å². The fraction of sp³-hybridized carbons (Fsp3) is 0.429. The van der Waals surface area contributed by atoms with Gasteiger partial charge in [-0.3, -0.25) is 14.9 Å². The molecule has 0 bridgehead atoms. The van der Waals surface area contributed by atoms with Crippen LogP contribution in [0.1, 0.15) is 62.5 Å². The van der Waals surface area contributed by atoms with Crippen LogP contribution in [0.3, 0.4) is 0 Å². The summed E-state index contributed by atoms with van der Waals surface area (Å²) < 4.78 is 14.6. The number of carbonyl (C=O) groups is 2. The van der Waals surface area contributed by atoms with E-state index in [1.165, 1.54) is 11.9 Å². The monoisotopic (exact) mass is 670 g/mol. The number of nitriles is 1. The fourth-order valence-electron chi connectivity index (χ4n) is 5.69. The highest BCUT2D eigenvalue weighted by Crippen LogP contribution is 2.34. The molecule has 0 spiro atoms. The van der Waals surface area contributed by atoms with Gasteiger partial charge in [0.2, 0.25) is 5.90 Å². The molecular formula is C35H42N8O4S. The smallest absolute Gasteiger partial charge is 0.410 e. The van der Waals surface area contributed by atoms with Crippen LogP contribution in [0, 0.1) is 22.7 Å². The second kappa shape index (κ2) is 15.4. The zero-order chi connectivity index (χ0) is 34.3. The van der Waals surface area contributed by atoms with Gasteiger partial charge in [-0.2, -0.15) is 5.26 Å². The summed E-state index contributed by atoms with van der Waals surface area (Å²) in [6, 6.07) is 17.3. The molecule has 5 rings (SSSR count). The molecule has 12 nitrogen and oxygen atoms in total. The van der Waals surface area contributed by atoms with Crippen LogP contribution in [0.5, 0.6) is 0 Å². The molecule has 0 atom stereocenters. The van der Waals surface area contributed by atoms with Crippen LogP contribution in [-0.4, -0.2) is 76.9 Å². The third-order valence-electron chi connectivity index (χ3n) is 8.15. The number of carbonyl (C=O) groups excluding carboxylic acids is 2. The highest BCUT2D eigenvalue weighted by molar-refractivity contribution is 7.97. The summed E-state index contributed by atoms with van der Waals surface area (Å²) in [7, 11) is 0. The molecule has 2 amide bonds. The zero-order valence-corrected chi connectivity index (χ0v) is 28.6. The van der Waals surface area contributed by atoms with Gasteiger partial charge in [0, 0.05) is 74.2 Å². The van der Waals surface area contributed by atoms with Crippen LogP contribution in [0.4, 0.5) is 22.1 Å². The van der Waals surface area contributed by atoms with Crippen molar-refractivity contribution in [2.24, 2.45) is 5.92 Å². The Labute approximate surface area is 285 Å². The van der Waals surface area contributed by atoms with E-state index < -0.39 is 5.60 Å². The van der Waals surface area contributed by atoms with Crippen LogP contribution >= 0.6 is 11.9 Å². The van der Waals surface area contributed by atoms with E-state index in [4.69, 9.17) is 14.5 Å². The lowest BCUT2D eigenvalue weighted by Crippen LogP contribution is -2.43. The van der Waals surface area contributed by atoms with Gasteiger partial charge in [-0.25, -0.2) is 14.8 Å². The largest absolute Gasteiger partial charge is 0.474 e. The highest BCUT2D eigenvalue weighted by atomic mass is 32.2. The summed E-state index contributed by atoms with van der Waals surface area (Å²) in [5, 5.41) is 21.9. The van der Waals surface area contributed by atoms with Crippen molar-refractivity contribution in [1.29, 1.82) is 10.7 Å². The molecular weight excluding hydrogens is 629 g/mol. The molecule has 3 aromatic rings. The molecule has 48 heavy (non-hydrogen) atoms. The van der Waals surface area contributed by atoms with E-state index in [1.807, 2.05) is 63.2 Å². The Bertz CT molecular complexity index is 1640. The van der Waals surface area contributed by atoms with Crippen LogP contribution < -0.4 is 14.9 Å². The quantitative estimate of drug-likeness (QED) is 0.140. The highest BCUT2D eigenvalue weighted by Gasteiger charge is 2.30. The number of hydrogen-bond acceptors (Lipinski definition) is 11. The average Bonchev–Trinajstić information content (AvgIpc) is 3.08. The van der Waals surface area contributed by atoms with E-state index in [0.29, 0.717) is 48.4 Å². The Morgan fingerprint density at radius 3 is 2.35 bits per heavy atom. The standard InChI is InChI=1S/C35H42N8O4S/c1-35(2,3)47-34(45)43-18-14-26(15-19-43)46-31(37)30-27(24-10-11-29(38-22-24)42-16-12-23(21-36)13-17-42)20-28(33(44)41-48-4)40-32(30)39-25-8-6-5-7-9-25/h5-11,20,22-23,26,37H,12-19H2,1-4H3,(H,39,40)(H,41,44). The molecule has 252 valence electrons. The lowest BCUT2D eigenvalue weighted by molar-refractivity contribution is 0.0115. The van der Waals surface area contributed by atoms with Gasteiger partial charge < -0.3 is 24.6 Å². The minimum Gasteiger partial charge on any atom is -0.474 e. The number of benzene rings is 1. The summed E-state index contributed by atoms with van der Waals surface area (Å²) in [5.74, 6) is 0.682. The number of rotatable bonds is 8. The molecule has 2 aliphatic heterocycles. The number of likely N-dealkylation sites (tertiary alicyclic amines) is 1. The first-order valence-electron chi connectivity index (χ1n) is 16.1. The third kappa shape index (κ3) is 8.74. The Kier molecular flexibility index (Phi) is 11.1. The first-order valence-corrected chi connectivity index (χ1v) is 17.3. The Morgan fingerprint density at radius 2 is 1.75 bits per heavy atom. The molecule has 2 saturated heterocycles. The molecule has 13 heteroatoms. The lowest BCUT2D eigenvalue weighted by atomic mass is 9.98. The van der Waals surface area contributed by atoms with E-state index in [2.05, 4.69) is 26.0 Å². The zero-order valence-electron chi connectivity index (χ0n) is 27.8. The van der Waals surface area contributed by atoms with E-state index in [0.717, 1.165) is 37.4 Å². The number of nitrogens with zero attached hydrogens (tertiary/aromatic N) is 5. The summed E-state index contributed by atoms with van der Waals surface area (Å²) in [5.41, 5.74) is 1.95. The van der Waals surface area contributed by atoms with E-state index in [9.17, 15) is 20.3 Å². The summed E-state index contributed by atoms with van der Waals surface area (Å²) >= 11 is 1.17. The maximum atomic E-state index is 13.1. The molecule has 0 aliphatic carbocycles. The van der Waals surface area contributed by atoms with Gasteiger partial charge in [-0.05, 0) is 63.9 Å². The first-order chi connectivity index (χ1) is 23.0. The predicted molar refractivity (Wildman–Crippen MR) is 187 cm³/mol. The van der Waals surface area contributed by atoms with Crippen molar-refractivity contribution in [3.63, 3.8) is 0 Å². The molecule has 3 N–H and O–H groups in total. The van der Waals surface area contributed by atoms with Gasteiger partial charge in [0.1, 0.15) is 29.0 Å². The first kappa shape index (κ1) is 34.5. The molecule has 0 unspecified atom stereocenters. The van der Waals surface area contributed by atoms with Crippen molar-refractivity contribution < 1.29 is 19.1 Å². The SMILES string of the molecule is CSNC(=O)c1cc(-c2ccc(N3CCC(C#N)CC3)nc2)c(C(=N)OC2CCN(C(=O)OC(C)(C)C)CC2)c(Nc2ccccc2)n1. The van der Waals surface area contributed by atoms with Crippen molar-refractivity contribution in [1.82, 2.24) is 19.6 Å². The van der Waals surface area contributed by atoms with Gasteiger partial charge in [0.15, 0.2) is 0 Å². The molecule has 2 aromatic heterocycles. The minimum absolute atomic E-state index is 0.0665. The number of hydrogen-bond donors (Lipinski definition) is 3. The summed E-state index contributed by atoms with van der Waals surface area (Å²) in [4.78, 5) is 39.0. The molecule has 2 aliphatic rings. The third-order valence-corrected chi connectivity index (χ3v) is 8.54. The number of para-hydroxylation sites is 1. The Morgan fingerprint density at radius 1 is 1.04 bits per heavy atom. The van der Waals surface area contributed by atoms with Crippen molar-refractivity contribution in [3.05, 3.63) is 66.0 Å². The van der Waals surface area contributed by atoms with Gasteiger partial charge in [-0.15, -0.1) is 0 Å². The lowest BCUT2D eigenvalue weighted by Gasteiger charge is -2.33. The second-order valence-electron chi connectivity index (χ2n) is 12.8. The Balaban J connectivity index is 1.47. The molecule has 4 heterocycles. The van der Waals surface area contributed by atoms with Crippen molar-refractivity contribution in [2.75, 3.05) is 42.7 Å². The molecule has 2 fully saturated rings. The number of aromatic nitrogens is 2. The summed E-state index contributed by atoms with van der Waals surface area (Å²) in [6.45, 7) is 7.90. The van der Waals surface area contributed by atoms with Crippen LogP contribution in [0.25, 0.3) is 11.1 Å². The van der Waals surface area contributed by atoms with Crippen molar-refractivity contribution in [3.8, 4) is 17.2 Å². The van der Waals surface area contributed by atoms with Gasteiger partial charge >= 0.3 is 6.09 Å². The average molecular weight is 671 g/mol.